The lowest BCUT2D eigenvalue weighted by molar-refractivity contribution is -0.120. The summed E-state index contributed by atoms with van der Waals surface area (Å²) in [6.07, 6.45) is 4.04. The van der Waals surface area contributed by atoms with E-state index in [-0.39, 0.29) is 28.7 Å². The first-order valence-corrected chi connectivity index (χ1v) is 10.4. The van der Waals surface area contributed by atoms with Crippen molar-refractivity contribution in [2.75, 3.05) is 11.5 Å². The monoisotopic (exact) mass is 339 g/mol. The molecule has 2 atom stereocenters. The maximum Gasteiger partial charge on any atom is 0.233 e. The smallest absolute Gasteiger partial charge is 0.233 e. The molecule has 22 heavy (non-hydrogen) atoms. The molecule has 1 amide bonds. The number of amides is 1. The minimum absolute atomic E-state index is 0.0763. The van der Waals surface area contributed by atoms with Gasteiger partial charge in [-0.05, 0) is 55.9 Å². The summed E-state index contributed by atoms with van der Waals surface area (Å²) in [4.78, 5) is 13.3. The molecule has 1 fully saturated rings. The first-order valence-electron chi connectivity index (χ1n) is 7.72. The van der Waals surface area contributed by atoms with E-state index in [0.29, 0.717) is 6.42 Å². The Hall–Kier alpha value is -1.01. The van der Waals surface area contributed by atoms with Crippen molar-refractivity contribution in [2.24, 2.45) is 0 Å². The van der Waals surface area contributed by atoms with Gasteiger partial charge in [0.15, 0.2) is 9.84 Å². The second-order valence-corrected chi connectivity index (χ2v) is 9.80. The molecule has 4 nitrogen and oxygen atoms in total. The molecule has 0 saturated carbocycles. The van der Waals surface area contributed by atoms with E-state index in [4.69, 9.17) is 0 Å². The van der Waals surface area contributed by atoms with Crippen molar-refractivity contribution in [2.45, 2.75) is 48.8 Å². The Balaban J connectivity index is 1.57. The van der Waals surface area contributed by atoms with E-state index < -0.39 is 9.84 Å². The van der Waals surface area contributed by atoms with Crippen LogP contribution in [0.1, 0.15) is 30.9 Å². The summed E-state index contributed by atoms with van der Waals surface area (Å²) >= 11 is 1.54. The Morgan fingerprint density at radius 2 is 2.09 bits per heavy atom. The third kappa shape index (κ3) is 3.66. The standard InChI is InChI=1S/C16H21NO3S2/c1-11(16(18)17-14-7-8-22(19,20)10-14)21-15-6-5-12-3-2-4-13(12)9-15/h5-6,9,11,14H,2-4,7-8,10H2,1H3,(H,17,18)/t11-,14+/m1/s1. The normalized spacial score (nSPS) is 24.0. The van der Waals surface area contributed by atoms with E-state index in [9.17, 15) is 13.2 Å². The maximum atomic E-state index is 12.2. The van der Waals surface area contributed by atoms with Crippen LogP contribution in [0.15, 0.2) is 23.1 Å². The molecule has 1 aromatic carbocycles. The lowest BCUT2D eigenvalue weighted by Gasteiger charge is -2.16. The molecular formula is C16H21NO3S2. The van der Waals surface area contributed by atoms with Crippen LogP contribution >= 0.6 is 11.8 Å². The van der Waals surface area contributed by atoms with E-state index in [0.717, 1.165) is 17.7 Å². The van der Waals surface area contributed by atoms with Crippen LogP contribution in [-0.2, 0) is 27.5 Å². The second kappa shape index (κ2) is 6.24. The highest BCUT2D eigenvalue weighted by Crippen LogP contribution is 2.30. The fourth-order valence-electron chi connectivity index (χ4n) is 3.11. The van der Waals surface area contributed by atoms with Crippen molar-refractivity contribution >= 4 is 27.5 Å². The van der Waals surface area contributed by atoms with Crippen molar-refractivity contribution < 1.29 is 13.2 Å². The quantitative estimate of drug-likeness (QED) is 0.852. The van der Waals surface area contributed by atoms with Gasteiger partial charge in [0, 0.05) is 10.9 Å². The first-order chi connectivity index (χ1) is 10.4. The van der Waals surface area contributed by atoms with E-state index in [1.54, 1.807) is 0 Å². The molecule has 1 aromatic rings. The molecule has 0 aromatic heterocycles. The van der Waals surface area contributed by atoms with Crippen LogP contribution in [-0.4, -0.2) is 37.1 Å². The third-order valence-electron chi connectivity index (χ3n) is 4.33. The molecule has 3 rings (SSSR count). The van der Waals surface area contributed by atoms with Gasteiger partial charge in [0.25, 0.3) is 0 Å². The van der Waals surface area contributed by atoms with Gasteiger partial charge in [-0.15, -0.1) is 11.8 Å². The van der Waals surface area contributed by atoms with Gasteiger partial charge in [0.2, 0.25) is 5.91 Å². The minimum atomic E-state index is -2.95. The van der Waals surface area contributed by atoms with Gasteiger partial charge in [-0.1, -0.05) is 6.07 Å². The molecule has 1 aliphatic carbocycles. The molecule has 1 aliphatic heterocycles. The SMILES string of the molecule is C[C@@H](Sc1ccc2c(c1)CCC2)C(=O)N[C@H]1CCS(=O)(=O)C1. The predicted octanol–water partition coefficient (Wildman–Crippen LogP) is 1.96. The highest BCUT2D eigenvalue weighted by Gasteiger charge is 2.30. The van der Waals surface area contributed by atoms with Crippen molar-refractivity contribution in [3.8, 4) is 0 Å². The van der Waals surface area contributed by atoms with Crippen LogP contribution in [0, 0.1) is 0 Å². The molecule has 2 aliphatic rings. The summed E-state index contributed by atoms with van der Waals surface area (Å²) in [5.41, 5.74) is 2.83. The molecule has 0 spiro atoms. The zero-order valence-corrected chi connectivity index (χ0v) is 14.3. The number of hydrogen-bond donors (Lipinski definition) is 1. The number of carbonyl (C=O) groups excluding carboxylic acids is 1. The maximum absolute atomic E-state index is 12.2. The fraction of sp³-hybridized carbons (Fsp3) is 0.562. The molecule has 1 saturated heterocycles. The molecule has 6 heteroatoms. The summed E-state index contributed by atoms with van der Waals surface area (Å²) in [6.45, 7) is 1.87. The van der Waals surface area contributed by atoms with Crippen molar-refractivity contribution in [3.63, 3.8) is 0 Å². The molecule has 1 heterocycles. The average Bonchev–Trinajstić information content (AvgIpc) is 3.04. The van der Waals surface area contributed by atoms with E-state index >= 15 is 0 Å². The van der Waals surface area contributed by atoms with Crippen molar-refractivity contribution in [1.29, 1.82) is 0 Å². The number of hydrogen-bond acceptors (Lipinski definition) is 4. The lowest BCUT2D eigenvalue weighted by Crippen LogP contribution is -2.39. The van der Waals surface area contributed by atoms with Crippen LogP contribution < -0.4 is 5.32 Å². The van der Waals surface area contributed by atoms with Crippen LogP contribution in [0.5, 0.6) is 0 Å². The number of rotatable bonds is 4. The molecular weight excluding hydrogens is 318 g/mol. The Morgan fingerprint density at radius 1 is 1.32 bits per heavy atom. The van der Waals surface area contributed by atoms with Gasteiger partial charge in [0.1, 0.15) is 0 Å². The van der Waals surface area contributed by atoms with E-state index in [1.807, 2.05) is 6.92 Å². The molecule has 0 unspecified atom stereocenters. The number of benzene rings is 1. The zero-order chi connectivity index (χ0) is 15.7. The fourth-order valence-corrected chi connectivity index (χ4v) is 5.72. The van der Waals surface area contributed by atoms with Gasteiger partial charge in [-0.2, -0.15) is 0 Å². The lowest BCUT2D eigenvalue weighted by atomic mass is 10.1. The van der Waals surface area contributed by atoms with Crippen LogP contribution in [0.25, 0.3) is 0 Å². The summed E-state index contributed by atoms with van der Waals surface area (Å²) in [5.74, 6) is 0.187. The number of nitrogens with one attached hydrogen (secondary N) is 1. The van der Waals surface area contributed by atoms with Gasteiger partial charge >= 0.3 is 0 Å². The number of thioether (sulfide) groups is 1. The Labute approximate surface area is 136 Å². The average molecular weight is 339 g/mol. The molecule has 1 N–H and O–H groups in total. The molecule has 0 bridgehead atoms. The largest absolute Gasteiger partial charge is 0.351 e. The molecule has 0 radical (unpaired) electrons. The minimum Gasteiger partial charge on any atom is -0.351 e. The summed E-state index contributed by atoms with van der Waals surface area (Å²) < 4.78 is 22.9. The summed E-state index contributed by atoms with van der Waals surface area (Å²) in [6, 6.07) is 6.22. The Kier molecular flexibility index (Phi) is 4.50. The van der Waals surface area contributed by atoms with Crippen molar-refractivity contribution in [3.05, 3.63) is 29.3 Å². The van der Waals surface area contributed by atoms with Crippen LogP contribution in [0.2, 0.25) is 0 Å². The van der Waals surface area contributed by atoms with Gasteiger partial charge in [-0.25, -0.2) is 8.42 Å². The number of sulfone groups is 1. The number of carbonyl (C=O) groups is 1. The Morgan fingerprint density at radius 3 is 2.82 bits per heavy atom. The van der Waals surface area contributed by atoms with E-state index in [2.05, 4.69) is 23.5 Å². The molecule has 120 valence electrons. The van der Waals surface area contributed by atoms with Gasteiger partial charge in [0.05, 0.1) is 16.8 Å². The third-order valence-corrected chi connectivity index (χ3v) is 7.19. The highest BCUT2D eigenvalue weighted by atomic mass is 32.2. The Bertz CT molecular complexity index is 685. The van der Waals surface area contributed by atoms with Crippen LogP contribution in [0.3, 0.4) is 0 Å². The second-order valence-electron chi connectivity index (χ2n) is 6.15. The van der Waals surface area contributed by atoms with Gasteiger partial charge < -0.3 is 5.32 Å². The van der Waals surface area contributed by atoms with Crippen LogP contribution in [0.4, 0.5) is 0 Å². The number of aryl methyl sites for hydroxylation is 2. The van der Waals surface area contributed by atoms with Gasteiger partial charge in [-0.3, -0.25) is 4.79 Å². The summed E-state index contributed by atoms with van der Waals surface area (Å²) in [5, 5.41) is 2.65. The summed E-state index contributed by atoms with van der Waals surface area (Å²) in [7, 11) is -2.95. The first kappa shape index (κ1) is 15.9. The van der Waals surface area contributed by atoms with E-state index in [1.165, 1.54) is 29.3 Å². The zero-order valence-electron chi connectivity index (χ0n) is 12.7. The number of fused-ring (bicyclic) bond motifs is 1. The highest BCUT2D eigenvalue weighted by molar-refractivity contribution is 8.00. The predicted molar refractivity (Wildman–Crippen MR) is 89.0 cm³/mol. The topological polar surface area (TPSA) is 63.2 Å². The van der Waals surface area contributed by atoms with Crippen molar-refractivity contribution in [1.82, 2.24) is 5.32 Å².